The Labute approximate surface area is 259 Å². The van der Waals surface area contributed by atoms with Crippen LogP contribution in [0.5, 0.6) is 0 Å². The first kappa shape index (κ1) is 33.7. The molecule has 0 aliphatic heterocycles. The number of aliphatic hydroxyl groups excluding tert-OH is 2. The standard InChI is InChI=1S/C25H43O8P.2Na/c1-15(4-7-22(28)32-14-33-34(29,30)31)18-5-6-19-23-20(9-11-25(18,19)3)24(2)10-8-17(26)12-16(24)13-21(23)27;;/h15-21,23,26-27H,4-14H2,1-3H3,(H2,29,30,31);;/q;2*+1/p-2/t15-,16+,17-,18-,19+,20+,21+,23+,24+,25-;;/m1../s1. The minimum Gasteiger partial charge on any atom is -0.790 e. The zero-order chi connectivity index (χ0) is 24.9. The molecular formula is C25H41Na2O8P. The SMILES string of the molecule is C[C@H](CCC(=O)OCOP(=O)([O-])[O-])[C@H]1CC[C@H]2[C@@H]3[C@@H](O)C[C@@H]4C[C@H](O)CC[C@]4(C)[C@H]3CC[C@]12C.[Na+].[Na+]. The first-order chi connectivity index (χ1) is 15.8. The van der Waals surface area contributed by atoms with Crippen molar-refractivity contribution in [2.45, 2.75) is 97.2 Å². The Morgan fingerprint density at radius 3 is 2.33 bits per heavy atom. The summed E-state index contributed by atoms with van der Waals surface area (Å²) in [6.07, 6.45) is 8.24. The van der Waals surface area contributed by atoms with Gasteiger partial charge in [0.05, 0.1) is 20.0 Å². The van der Waals surface area contributed by atoms with E-state index in [0.29, 0.717) is 41.9 Å². The van der Waals surface area contributed by atoms with Crippen LogP contribution in [0, 0.1) is 46.3 Å². The van der Waals surface area contributed by atoms with Gasteiger partial charge < -0.3 is 33.8 Å². The normalized spacial score (nSPS) is 42.6. The van der Waals surface area contributed by atoms with Crippen molar-refractivity contribution in [2.24, 2.45) is 46.3 Å². The van der Waals surface area contributed by atoms with Gasteiger partial charge in [-0.1, -0.05) is 20.8 Å². The van der Waals surface area contributed by atoms with E-state index in [2.05, 4.69) is 25.3 Å². The molecule has 0 aromatic rings. The van der Waals surface area contributed by atoms with E-state index in [-0.39, 0.29) is 88.6 Å². The summed E-state index contributed by atoms with van der Waals surface area (Å²) < 4.78 is 19.2. The van der Waals surface area contributed by atoms with Crippen LogP contribution in [0.1, 0.15) is 85.0 Å². The number of aliphatic hydroxyl groups is 2. The fourth-order valence-electron chi connectivity index (χ4n) is 8.95. The van der Waals surface area contributed by atoms with Gasteiger partial charge in [-0.15, -0.1) is 0 Å². The summed E-state index contributed by atoms with van der Waals surface area (Å²) in [7, 11) is -5.15. The molecule has 0 radical (unpaired) electrons. The fraction of sp³-hybridized carbons (Fsp3) is 0.960. The number of hydrogen-bond donors (Lipinski definition) is 2. The molecule has 2 N–H and O–H groups in total. The Morgan fingerprint density at radius 2 is 1.67 bits per heavy atom. The number of ether oxygens (including phenoxy) is 1. The Morgan fingerprint density at radius 1 is 1.03 bits per heavy atom. The number of phosphoric ester groups is 1. The Kier molecular flexibility index (Phi) is 12.2. The molecule has 4 aliphatic rings. The number of rotatable bonds is 7. The largest absolute Gasteiger partial charge is 1.00 e. The molecular weight excluding hydrogens is 505 g/mol. The number of carbonyl (C=O) groups excluding carboxylic acids is 1. The second kappa shape index (κ2) is 13.0. The molecule has 10 atom stereocenters. The van der Waals surface area contributed by atoms with Gasteiger partial charge in [-0.25, -0.2) is 0 Å². The molecule has 0 aromatic heterocycles. The van der Waals surface area contributed by atoms with E-state index < -0.39 is 20.6 Å². The summed E-state index contributed by atoms with van der Waals surface area (Å²) in [5.41, 5.74) is 0.335. The van der Waals surface area contributed by atoms with Crippen molar-refractivity contribution in [1.82, 2.24) is 0 Å². The zero-order valence-electron chi connectivity index (χ0n) is 22.7. The third-order valence-electron chi connectivity index (χ3n) is 10.7. The van der Waals surface area contributed by atoms with Crippen molar-refractivity contribution in [1.29, 1.82) is 0 Å². The molecule has 0 saturated heterocycles. The molecule has 0 spiro atoms. The van der Waals surface area contributed by atoms with Crippen LogP contribution in [0.25, 0.3) is 0 Å². The summed E-state index contributed by atoms with van der Waals surface area (Å²) in [5.74, 6) is 1.88. The third-order valence-corrected chi connectivity index (χ3v) is 11.1. The molecule has 36 heavy (non-hydrogen) atoms. The zero-order valence-corrected chi connectivity index (χ0v) is 27.6. The smallest absolute Gasteiger partial charge is 0.790 e. The quantitative estimate of drug-likeness (QED) is 0.147. The first-order valence-electron chi connectivity index (χ1n) is 13.0. The van der Waals surface area contributed by atoms with Gasteiger partial charge in [-0.05, 0) is 104 Å². The van der Waals surface area contributed by atoms with Gasteiger partial charge in [0.2, 0.25) is 0 Å². The monoisotopic (exact) mass is 546 g/mol. The Hall–Kier alpha value is 1.50. The van der Waals surface area contributed by atoms with Crippen LogP contribution in [-0.2, 0) is 18.6 Å². The fourth-order valence-corrected chi connectivity index (χ4v) is 9.13. The number of esters is 1. The maximum absolute atomic E-state index is 12.0. The van der Waals surface area contributed by atoms with Crippen LogP contribution in [0.4, 0.5) is 0 Å². The summed E-state index contributed by atoms with van der Waals surface area (Å²) in [4.78, 5) is 33.0. The molecule has 0 aromatic carbocycles. The van der Waals surface area contributed by atoms with E-state index in [1.54, 1.807) is 0 Å². The molecule has 4 saturated carbocycles. The first-order valence-corrected chi connectivity index (χ1v) is 14.5. The molecule has 196 valence electrons. The Bertz CT molecular complexity index is 811. The molecule has 0 unspecified atom stereocenters. The average Bonchev–Trinajstić information content (AvgIpc) is 3.09. The van der Waals surface area contributed by atoms with E-state index in [1.165, 1.54) is 0 Å². The summed E-state index contributed by atoms with van der Waals surface area (Å²) >= 11 is 0. The third kappa shape index (κ3) is 6.86. The molecule has 0 amide bonds. The van der Waals surface area contributed by atoms with E-state index in [9.17, 15) is 29.4 Å². The van der Waals surface area contributed by atoms with Gasteiger partial charge in [0.15, 0.2) is 6.79 Å². The van der Waals surface area contributed by atoms with Crippen LogP contribution in [0.3, 0.4) is 0 Å². The van der Waals surface area contributed by atoms with Crippen LogP contribution in [0.15, 0.2) is 0 Å². The topological polar surface area (TPSA) is 139 Å². The molecule has 11 heteroatoms. The van der Waals surface area contributed by atoms with E-state index in [1.807, 2.05) is 0 Å². The number of fused-ring (bicyclic) bond motifs is 5. The van der Waals surface area contributed by atoms with Gasteiger partial charge in [-0.3, -0.25) is 4.79 Å². The van der Waals surface area contributed by atoms with Crippen LogP contribution in [0.2, 0.25) is 0 Å². The van der Waals surface area contributed by atoms with Crippen molar-refractivity contribution in [3.8, 4) is 0 Å². The van der Waals surface area contributed by atoms with Crippen LogP contribution in [-0.4, -0.2) is 35.2 Å². The summed E-state index contributed by atoms with van der Waals surface area (Å²) in [6, 6.07) is 0. The van der Waals surface area contributed by atoms with Gasteiger partial charge in [0, 0.05) is 6.42 Å². The van der Waals surface area contributed by atoms with Gasteiger partial charge in [0.25, 0.3) is 0 Å². The summed E-state index contributed by atoms with van der Waals surface area (Å²) in [5, 5.41) is 21.6. The number of phosphoric acid groups is 1. The minimum atomic E-state index is -5.15. The minimum absolute atomic E-state index is 0. The van der Waals surface area contributed by atoms with Crippen LogP contribution >= 0.6 is 7.82 Å². The molecule has 4 rings (SSSR count). The molecule has 0 heterocycles. The van der Waals surface area contributed by atoms with Gasteiger partial charge in [0.1, 0.15) is 0 Å². The van der Waals surface area contributed by atoms with E-state index in [4.69, 9.17) is 4.74 Å². The molecule has 4 fully saturated rings. The maximum atomic E-state index is 12.0. The molecule has 4 aliphatic carbocycles. The van der Waals surface area contributed by atoms with Gasteiger partial charge >= 0.3 is 65.1 Å². The second-order valence-corrected chi connectivity index (χ2v) is 13.3. The maximum Gasteiger partial charge on any atom is 1.00 e. The van der Waals surface area contributed by atoms with Crippen LogP contribution < -0.4 is 68.9 Å². The van der Waals surface area contributed by atoms with Crippen molar-refractivity contribution >= 4 is 13.8 Å². The molecule has 0 bridgehead atoms. The van der Waals surface area contributed by atoms with Gasteiger partial charge in [-0.2, -0.15) is 0 Å². The van der Waals surface area contributed by atoms with E-state index in [0.717, 1.165) is 51.4 Å². The molecule has 8 nitrogen and oxygen atoms in total. The summed E-state index contributed by atoms with van der Waals surface area (Å²) in [6.45, 7) is 6.12. The Balaban J connectivity index is 0.00000228. The van der Waals surface area contributed by atoms with E-state index >= 15 is 0 Å². The van der Waals surface area contributed by atoms with Crippen molar-refractivity contribution in [3.05, 3.63) is 0 Å². The van der Waals surface area contributed by atoms with Crippen molar-refractivity contribution in [3.63, 3.8) is 0 Å². The number of hydrogen-bond acceptors (Lipinski definition) is 8. The predicted molar refractivity (Wildman–Crippen MR) is 121 cm³/mol. The van der Waals surface area contributed by atoms with Crippen molar-refractivity contribution < 1.29 is 97.7 Å². The second-order valence-electron chi connectivity index (χ2n) is 12.2. The average molecular weight is 547 g/mol. The predicted octanol–water partition coefficient (Wildman–Crippen LogP) is -3.25. The van der Waals surface area contributed by atoms with Crippen molar-refractivity contribution in [2.75, 3.05) is 6.79 Å². The number of carbonyl (C=O) groups is 1.